The number of carbonyl (C=O) groups is 1. The first kappa shape index (κ1) is 29.3. The molecule has 0 radical (unpaired) electrons. The first-order valence-corrected chi connectivity index (χ1v) is 15.8. The van der Waals surface area contributed by atoms with E-state index >= 15 is 0 Å². The third-order valence-corrected chi connectivity index (χ3v) is 13.2. The van der Waals surface area contributed by atoms with Crippen molar-refractivity contribution in [3.8, 4) is 0 Å². The van der Waals surface area contributed by atoms with E-state index in [0.717, 1.165) is 51.4 Å². The standard InChI is InChI=1S/C31H52N2O7/c1-16-25(36)24(33(4)5)26(37)28(38-16)39-18-8-6-17-7-9-22-21(29(17,2)15-18)10-12-30(3)20-11-13-31(22,30)40-27(32)19(20)14-23(34)35/h16-22,24-28,36-37H,6-15,32H2,1-5H3,(H,34,35)/t16-,17-,18?,19+,20+,21-,22+,24+,25-,26+,27-,28-,29-,30+,31-/m0/s1. The minimum Gasteiger partial charge on any atom is -0.481 e. The fourth-order valence-electron chi connectivity index (χ4n) is 11.3. The van der Waals surface area contributed by atoms with Crippen LogP contribution in [0.15, 0.2) is 0 Å². The molecule has 0 aromatic carbocycles. The maximum atomic E-state index is 11.7. The average Bonchev–Trinajstić information content (AvgIpc) is 3.08. The molecule has 2 heterocycles. The second-order valence-corrected chi connectivity index (χ2v) is 15.0. The Hall–Kier alpha value is -0.810. The molecule has 9 nitrogen and oxygen atoms in total. The maximum absolute atomic E-state index is 11.7. The number of fused-ring (bicyclic) bond motifs is 3. The Bertz CT molecular complexity index is 981. The van der Waals surface area contributed by atoms with Crippen molar-refractivity contribution >= 4 is 5.97 Å². The van der Waals surface area contributed by atoms with Gasteiger partial charge in [0.25, 0.3) is 0 Å². The van der Waals surface area contributed by atoms with Gasteiger partial charge in [0, 0.05) is 11.3 Å². The van der Waals surface area contributed by atoms with Crippen LogP contribution in [0.3, 0.4) is 0 Å². The Kier molecular flexibility index (Phi) is 7.42. The lowest BCUT2D eigenvalue weighted by Crippen LogP contribution is -2.68. The van der Waals surface area contributed by atoms with Gasteiger partial charge in [0.05, 0.1) is 36.4 Å². The smallest absolute Gasteiger partial charge is 0.303 e. The summed E-state index contributed by atoms with van der Waals surface area (Å²) in [7, 11) is 3.74. The number of hydrogen-bond acceptors (Lipinski definition) is 8. The van der Waals surface area contributed by atoms with Gasteiger partial charge in [-0.3, -0.25) is 4.79 Å². The number of aliphatic carboxylic acids is 1. The van der Waals surface area contributed by atoms with Gasteiger partial charge < -0.3 is 40.2 Å². The minimum absolute atomic E-state index is 0.0125. The Morgan fingerprint density at radius 1 is 1.00 bits per heavy atom. The molecule has 0 aromatic heterocycles. The number of carboxylic acids is 1. The van der Waals surface area contributed by atoms with Gasteiger partial charge in [0.2, 0.25) is 0 Å². The topological polar surface area (TPSA) is 135 Å². The monoisotopic (exact) mass is 564 g/mol. The summed E-state index contributed by atoms with van der Waals surface area (Å²) >= 11 is 0. The second kappa shape index (κ2) is 10.1. The lowest BCUT2D eigenvalue weighted by atomic mass is 9.42. The highest BCUT2D eigenvalue weighted by molar-refractivity contribution is 5.67. The van der Waals surface area contributed by atoms with Gasteiger partial charge in [0.1, 0.15) is 12.3 Å². The van der Waals surface area contributed by atoms with Gasteiger partial charge in [-0.05, 0) is 108 Å². The Morgan fingerprint density at radius 2 is 1.70 bits per heavy atom. The molecule has 0 amide bonds. The van der Waals surface area contributed by atoms with Crippen LogP contribution in [0.5, 0.6) is 0 Å². The molecule has 2 bridgehead atoms. The number of rotatable bonds is 5. The quantitative estimate of drug-likeness (QED) is 0.372. The highest BCUT2D eigenvalue weighted by Gasteiger charge is 2.72. The summed E-state index contributed by atoms with van der Waals surface area (Å²) in [6.45, 7) is 6.69. The number of hydrogen-bond donors (Lipinski definition) is 4. The summed E-state index contributed by atoms with van der Waals surface area (Å²) in [5, 5.41) is 31.4. The molecule has 6 rings (SSSR count). The van der Waals surface area contributed by atoms with Gasteiger partial charge in [-0.15, -0.1) is 0 Å². The van der Waals surface area contributed by atoms with E-state index in [4.69, 9.17) is 19.9 Å². The van der Waals surface area contributed by atoms with Crippen molar-refractivity contribution in [1.29, 1.82) is 0 Å². The molecule has 4 saturated carbocycles. The van der Waals surface area contributed by atoms with Crippen molar-refractivity contribution in [2.24, 2.45) is 46.2 Å². The van der Waals surface area contributed by atoms with E-state index in [0.29, 0.717) is 23.7 Å². The molecule has 6 fully saturated rings. The van der Waals surface area contributed by atoms with E-state index in [-0.39, 0.29) is 34.9 Å². The first-order chi connectivity index (χ1) is 18.8. The van der Waals surface area contributed by atoms with E-state index in [1.54, 1.807) is 0 Å². The van der Waals surface area contributed by atoms with Gasteiger partial charge >= 0.3 is 5.97 Å². The van der Waals surface area contributed by atoms with Crippen LogP contribution in [0.1, 0.15) is 85.0 Å². The molecule has 1 unspecified atom stereocenters. The van der Waals surface area contributed by atoms with Crippen molar-refractivity contribution in [2.45, 2.75) is 134 Å². The molecule has 0 spiro atoms. The molecular weight excluding hydrogens is 512 g/mol. The summed E-state index contributed by atoms with van der Waals surface area (Å²) in [5.74, 6) is 0.944. The fourth-order valence-corrected chi connectivity index (χ4v) is 11.3. The number of aliphatic hydroxyl groups is 2. The zero-order valence-electron chi connectivity index (χ0n) is 25.0. The molecule has 2 saturated heterocycles. The van der Waals surface area contributed by atoms with Gasteiger partial charge in [0.15, 0.2) is 6.29 Å². The number of aliphatic hydroxyl groups excluding tert-OH is 2. The van der Waals surface area contributed by atoms with Crippen LogP contribution < -0.4 is 5.73 Å². The van der Waals surface area contributed by atoms with Crippen LogP contribution in [0.4, 0.5) is 0 Å². The number of carboxylic acid groups (broad SMARTS) is 1. The molecule has 40 heavy (non-hydrogen) atoms. The van der Waals surface area contributed by atoms with E-state index in [1.165, 1.54) is 6.42 Å². The molecule has 9 heteroatoms. The largest absolute Gasteiger partial charge is 0.481 e. The zero-order valence-corrected chi connectivity index (χ0v) is 25.0. The number of nitrogens with zero attached hydrogens (tertiary/aromatic N) is 1. The molecule has 5 N–H and O–H groups in total. The van der Waals surface area contributed by atoms with Gasteiger partial charge in [-0.2, -0.15) is 0 Å². The van der Waals surface area contributed by atoms with Gasteiger partial charge in [-0.1, -0.05) is 13.8 Å². The zero-order chi connectivity index (χ0) is 28.8. The molecule has 15 atom stereocenters. The van der Waals surface area contributed by atoms with Crippen LogP contribution in [0.2, 0.25) is 0 Å². The minimum atomic E-state index is -0.925. The fraction of sp³-hybridized carbons (Fsp3) is 0.968. The van der Waals surface area contributed by atoms with Gasteiger partial charge in [-0.25, -0.2) is 0 Å². The summed E-state index contributed by atoms with van der Waals surface area (Å²) in [6, 6.07) is -0.442. The Balaban J connectivity index is 1.22. The summed E-state index contributed by atoms with van der Waals surface area (Å²) in [4.78, 5) is 13.6. The van der Waals surface area contributed by atoms with Crippen molar-refractivity contribution in [1.82, 2.24) is 4.90 Å². The SMILES string of the molecule is C[C@@H]1O[C@@H](OC2CC[C@H]3CC[C@@H]4[C@H](CC[C@]5(C)[C@@H]6CC[C@]45O[C@H](N)[C@@H]6CC(=O)O)[C@@]3(C)C2)[C@H](O)[C@H](N(C)C)[C@H]1O. The van der Waals surface area contributed by atoms with Crippen molar-refractivity contribution in [2.75, 3.05) is 14.1 Å². The van der Waals surface area contributed by atoms with E-state index in [1.807, 2.05) is 25.9 Å². The highest BCUT2D eigenvalue weighted by Crippen LogP contribution is 2.73. The molecule has 228 valence electrons. The Labute approximate surface area is 239 Å². The van der Waals surface area contributed by atoms with Crippen LogP contribution in [-0.2, 0) is 19.0 Å². The maximum Gasteiger partial charge on any atom is 0.303 e. The predicted molar refractivity (Wildman–Crippen MR) is 148 cm³/mol. The van der Waals surface area contributed by atoms with E-state index in [2.05, 4.69) is 13.8 Å². The number of ether oxygens (including phenoxy) is 3. The van der Waals surface area contributed by atoms with Crippen LogP contribution in [0.25, 0.3) is 0 Å². The lowest BCUT2D eigenvalue weighted by Gasteiger charge is -2.67. The summed E-state index contributed by atoms with van der Waals surface area (Å²) in [6.07, 6.45) is 6.17. The number of nitrogens with two attached hydrogens (primary N) is 1. The van der Waals surface area contributed by atoms with Crippen LogP contribution in [-0.4, -0.2) is 88.9 Å². The van der Waals surface area contributed by atoms with Crippen molar-refractivity contribution < 1.29 is 34.3 Å². The first-order valence-electron chi connectivity index (χ1n) is 15.8. The van der Waals surface area contributed by atoms with Crippen molar-refractivity contribution in [3.63, 3.8) is 0 Å². The van der Waals surface area contributed by atoms with Crippen molar-refractivity contribution in [3.05, 3.63) is 0 Å². The predicted octanol–water partition coefficient (Wildman–Crippen LogP) is 2.96. The lowest BCUT2D eigenvalue weighted by molar-refractivity contribution is -0.308. The highest BCUT2D eigenvalue weighted by atomic mass is 16.7. The molecule has 4 aliphatic carbocycles. The second-order valence-electron chi connectivity index (χ2n) is 15.0. The van der Waals surface area contributed by atoms with Crippen LogP contribution in [0, 0.1) is 40.4 Å². The summed E-state index contributed by atoms with van der Waals surface area (Å²) in [5.41, 5.74) is 6.41. The third-order valence-electron chi connectivity index (χ3n) is 13.2. The summed E-state index contributed by atoms with van der Waals surface area (Å²) < 4.78 is 19.5. The Morgan fingerprint density at radius 3 is 2.40 bits per heavy atom. The molecular formula is C31H52N2O7. The molecule has 0 aromatic rings. The molecule has 6 aliphatic rings. The third kappa shape index (κ3) is 4.16. The van der Waals surface area contributed by atoms with Crippen LogP contribution >= 0.6 is 0 Å². The van der Waals surface area contributed by atoms with E-state index < -0.39 is 42.8 Å². The average molecular weight is 565 g/mol. The number of likely N-dealkylation sites (N-methyl/N-ethyl adjacent to an activating group) is 1. The normalized spacial score (nSPS) is 55.8. The van der Waals surface area contributed by atoms with E-state index in [9.17, 15) is 20.1 Å². The molecule has 2 aliphatic heterocycles.